The Morgan fingerprint density at radius 3 is 1.79 bits per heavy atom. The van der Waals surface area contributed by atoms with Crippen molar-refractivity contribution in [2.45, 2.75) is 17.6 Å². The molecule has 0 aliphatic heterocycles. The maximum Gasteiger partial charge on any atom is 0.241 e. The summed E-state index contributed by atoms with van der Waals surface area (Å²) in [4.78, 5) is 0.0702. The van der Waals surface area contributed by atoms with Crippen molar-refractivity contribution in [3.63, 3.8) is 0 Å². The molecular formula is C26H22Cl2NO3PS. The van der Waals surface area contributed by atoms with Crippen LogP contribution >= 0.6 is 30.3 Å². The fourth-order valence-electron chi connectivity index (χ4n) is 3.74. The molecule has 1 N–H and O–H groups in total. The van der Waals surface area contributed by atoms with Gasteiger partial charge in [0.15, 0.2) is 7.14 Å². The monoisotopic (exact) mass is 529 g/mol. The molecule has 0 unspecified atom stereocenters. The second kappa shape index (κ2) is 10.1. The Morgan fingerprint density at radius 2 is 1.29 bits per heavy atom. The molecule has 0 spiro atoms. The van der Waals surface area contributed by atoms with E-state index in [0.29, 0.717) is 21.2 Å². The van der Waals surface area contributed by atoms with Gasteiger partial charge in [0.25, 0.3) is 0 Å². The summed E-state index contributed by atoms with van der Waals surface area (Å²) in [5.41, 5.74) is 1.30. The molecule has 4 rings (SSSR count). The maximum absolute atomic E-state index is 15.1. The van der Waals surface area contributed by atoms with Gasteiger partial charge in [0, 0.05) is 20.7 Å². The molecule has 0 aromatic heterocycles. The smallest absolute Gasteiger partial charge is 0.241 e. The first-order valence-corrected chi connectivity index (χ1v) is 14.5. The molecule has 0 aliphatic rings. The normalized spacial score (nSPS) is 12.9. The molecule has 0 saturated carbocycles. The molecule has 4 nitrogen and oxygen atoms in total. The number of halogens is 2. The molecular weight excluding hydrogens is 508 g/mol. The molecule has 0 radical (unpaired) electrons. The number of hydrogen-bond donors (Lipinski definition) is 1. The number of nitrogens with one attached hydrogen (secondary N) is 1. The van der Waals surface area contributed by atoms with Gasteiger partial charge < -0.3 is 4.57 Å². The van der Waals surface area contributed by atoms with Crippen molar-refractivity contribution in [1.29, 1.82) is 0 Å². The zero-order valence-electron chi connectivity index (χ0n) is 18.2. The molecule has 0 saturated heterocycles. The van der Waals surface area contributed by atoms with E-state index in [0.717, 1.165) is 5.56 Å². The summed E-state index contributed by atoms with van der Waals surface area (Å²) in [5, 5.41) is 1.62. The van der Waals surface area contributed by atoms with Crippen molar-refractivity contribution in [1.82, 2.24) is 4.72 Å². The quantitative estimate of drug-likeness (QED) is 0.286. The molecule has 34 heavy (non-hydrogen) atoms. The predicted octanol–water partition coefficient (Wildman–Crippen LogP) is 6.29. The molecule has 0 bridgehead atoms. The average molecular weight is 530 g/mol. The zero-order chi connectivity index (χ0) is 24.3. The molecule has 1 atom stereocenters. The van der Waals surface area contributed by atoms with Gasteiger partial charge in [-0.05, 0) is 36.8 Å². The Labute approximate surface area is 210 Å². The van der Waals surface area contributed by atoms with E-state index in [1.807, 2.05) is 19.1 Å². The first-order chi connectivity index (χ1) is 16.2. The molecule has 174 valence electrons. The van der Waals surface area contributed by atoms with Gasteiger partial charge in [0.1, 0.15) is 5.78 Å². The van der Waals surface area contributed by atoms with Crippen LogP contribution in [0.3, 0.4) is 0 Å². The van der Waals surface area contributed by atoms with Gasteiger partial charge in [-0.3, -0.25) is 0 Å². The topological polar surface area (TPSA) is 63.2 Å². The molecule has 0 heterocycles. The molecule has 0 amide bonds. The molecule has 4 aromatic rings. The van der Waals surface area contributed by atoms with Gasteiger partial charge in [-0.2, -0.15) is 4.72 Å². The number of sulfonamides is 1. The van der Waals surface area contributed by atoms with Crippen molar-refractivity contribution >= 4 is 51.0 Å². The van der Waals surface area contributed by atoms with Crippen molar-refractivity contribution in [3.8, 4) is 0 Å². The van der Waals surface area contributed by atoms with Gasteiger partial charge in [0.05, 0.1) is 4.90 Å². The molecule has 8 heteroatoms. The zero-order valence-corrected chi connectivity index (χ0v) is 21.5. The lowest BCUT2D eigenvalue weighted by Gasteiger charge is -2.30. The predicted molar refractivity (Wildman–Crippen MR) is 140 cm³/mol. The van der Waals surface area contributed by atoms with Crippen molar-refractivity contribution in [2.24, 2.45) is 0 Å². The Kier molecular flexibility index (Phi) is 7.32. The maximum atomic E-state index is 15.1. The highest BCUT2D eigenvalue weighted by Gasteiger charge is 2.41. The van der Waals surface area contributed by atoms with Crippen LogP contribution in [0.15, 0.2) is 108 Å². The Bertz CT molecular complexity index is 1400. The summed E-state index contributed by atoms with van der Waals surface area (Å²) in [7, 11) is -7.71. The van der Waals surface area contributed by atoms with Crippen molar-refractivity contribution in [3.05, 3.63) is 124 Å². The number of rotatable bonds is 7. The Morgan fingerprint density at radius 1 is 0.765 bits per heavy atom. The first kappa shape index (κ1) is 24.7. The first-order valence-electron chi connectivity index (χ1n) is 10.5. The highest BCUT2D eigenvalue weighted by molar-refractivity contribution is 7.90. The fourth-order valence-corrected chi connectivity index (χ4v) is 9.13. The third-order valence-corrected chi connectivity index (χ3v) is 10.9. The minimum atomic E-state index is -4.06. The average Bonchev–Trinajstić information content (AvgIpc) is 2.84. The fraction of sp³-hybridized carbons (Fsp3) is 0.0769. The van der Waals surface area contributed by atoms with Gasteiger partial charge in [0.2, 0.25) is 10.0 Å². The van der Waals surface area contributed by atoms with Crippen LogP contribution in [-0.4, -0.2) is 8.42 Å². The largest absolute Gasteiger partial charge is 0.312 e. The van der Waals surface area contributed by atoms with E-state index >= 15 is 4.57 Å². The van der Waals surface area contributed by atoms with E-state index in [2.05, 4.69) is 4.72 Å². The number of aryl methyl sites for hydroxylation is 1. The lowest BCUT2D eigenvalue weighted by Crippen LogP contribution is -2.34. The third-order valence-electron chi connectivity index (χ3n) is 5.50. The lowest BCUT2D eigenvalue weighted by atomic mass is 10.2. The summed E-state index contributed by atoms with van der Waals surface area (Å²) in [6.45, 7) is 1.87. The third kappa shape index (κ3) is 5.00. The lowest BCUT2D eigenvalue weighted by molar-refractivity contribution is 0.560. The molecule has 0 fully saturated rings. The van der Waals surface area contributed by atoms with Gasteiger partial charge in [-0.15, -0.1) is 0 Å². The summed E-state index contributed by atoms with van der Waals surface area (Å²) in [6, 6.07) is 28.9. The summed E-state index contributed by atoms with van der Waals surface area (Å²) >= 11 is 12.7. The Balaban J connectivity index is 1.97. The van der Waals surface area contributed by atoms with E-state index in [9.17, 15) is 8.42 Å². The van der Waals surface area contributed by atoms with Crippen molar-refractivity contribution in [2.75, 3.05) is 0 Å². The molecule has 0 aliphatic carbocycles. The Hall–Kier alpha value is -2.40. The summed E-state index contributed by atoms with van der Waals surface area (Å²) in [5.74, 6) is -1.17. The van der Waals surface area contributed by atoms with Gasteiger partial charge >= 0.3 is 0 Å². The van der Waals surface area contributed by atoms with Crippen LogP contribution in [0.1, 0.15) is 16.9 Å². The minimum absolute atomic E-state index is 0.0702. The van der Waals surface area contributed by atoms with Gasteiger partial charge in [-0.1, -0.05) is 108 Å². The summed E-state index contributed by atoms with van der Waals surface area (Å²) in [6.07, 6.45) is 0. The SMILES string of the molecule is Cc1ccc(S(=O)(=O)N[C@H](c2ccc(Cl)cc2Cl)P(=O)(c2ccccc2)c2ccccc2)cc1. The highest BCUT2D eigenvalue weighted by atomic mass is 35.5. The molecule has 4 aromatic carbocycles. The van der Waals surface area contributed by atoms with Crippen LogP contribution in [0.2, 0.25) is 10.0 Å². The van der Waals surface area contributed by atoms with Crippen LogP contribution in [0, 0.1) is 6.92 Å². The van der Waals surface area contributed by atoms with Crippen LogP contribution in [0.4, 0.5) is 0 Å². The van der Waals surface area contributed by atoms with E-state index in [1.54, 1.807) is 72.8 Å². The highest BCUT2D eigenvalue weighted by Crippen LogP contribution is 2.57. The van der Waals surface area contributed by atoms with Crippen LogP contribution in [0.5, 0.6) is 0 Å². The van der Waals surface area contributed by atoms with Crippen molar-refractivity contribution < 1.29 is 13.0 Å². The minimum Gasteiger partial charge on any atom is -0.312 e. The summed E-state index contributed by atoms with van der Waals surface area (Å²) < 4.78 is 44.9. The second-order valence-electron chi connectivity index (χ2n) is 7.83. The van der Waals surface area contributed by atoms with E-state index in [-0.39, 0.29) is 9.92 Å². The van der Waals surface area contributed by atoms with Crippen LogP contribution in [-0.2, 0) is 14.6 Å². The van der Waals surface area contributed by atoms with E-state index in [4.69, 9.17) is 23.2 Å². The second-order valence-corrected chi connectivity index (χ2v) is 13.3. The number of benzene rings is 4. The van der Waals surface area contributed by atoms with Gasteiger partial charge in [-0.25, -0.2) is 8.42 Å². The van der Waals surface area contributed by atoms with E-state index < -0.39 is 22.9 Å². The van der Waals surface area contributed by atoms with Crippen LogP contribution < -0.4 is 15.3 Å². The van der Waals surface area contributed by atoms with E-state index in [1.165, 1.54) is 18.2 Å². The van der Waals surface area contributed by atoms with Crippen LogP contribution in [0.25, 0.3) is 0 Å². The standard InChI is InChI=1S/C26H22Cl2NO3PS/c1-19-12-15-23(16-13-19)34(31,32)29-26(24-17-14-20(27)18-25(24)28)33(30,21-8-4-2-5-9-21)22-10-6-3-7-11-22/h2-18,26,29H,1H3/t26-/m0/s1. The number of hydrogen-bond acceptors (Lipinski definition) is 3.